The van der Waals surface area contributed by atoms with Crippen molar-refractivity contribution >= 4 is 27.9 Å². The van der Waals surface area contributed by atoms with Crippen LogP contribution < -0.4 is 4.74 Å². The van der Waals surface area contributed by atoms with Gasteiger partial charge >= 0.3 is 5.97 Å². The van der Waals surface area contributed by atoms with E-state index in [1.54, 1.807) is 18.2 Å². The first kappa shape index (κ1) is 25.6. The van der Waals surface area contributed by atoms with E-state index in [1.807, 2.05) is 19.9 Å². The first-order chi connectivity index (χ1) is 16.1. The molecule has 0 radical (unpaired) electrons. The van der Waals surface area contributed by atoms with Gasteiger partial charge in [0.25, 0.3) is 0 Å². The predicted molar refractivity (Wildman–Crippen MR) is 127 cm³/mol. The predicted octanol–water partition coefficient (Wildman–Crippen LogP) is 3.16. The van der Waals surface area contributed by atoms with Crippen molar-refractivity contribution in [3.8, 4) is 5.75 Å². The molecule has 0 aromatic heterocycles. The van der Waals surface area contributed by atoms with Crippen LogP contribution in [0.2, 0.25) is 0 Å². The molecule has 0 N–H and O–H groups in total. The van der Waals surface area contributed by atoms with Crippen molar-refractivity contribution in [3.05, 3.63) is 64.7 Å². The van der Waals surface area contributed by atoms with Crippen molar-refractivity contribution < 1.29 is 32.2 Å². The average molecular weight is 488 g/mol. The number of methoxy groups -OCH3 is 1. The highest BCUT2D eigenvalue weighted by molar-refractivity contribution is 7.89. The number of sulfonamides is 1. The van der Waals surface area contributed by atoms with Crippen LogP contribution in [0.15, 0.2) is 47.4 Å². The molecule has 9 heteroatoms. The molecule has 34 heavy (non-hydrogen) atoms. The number of benzene rings is 2. The highest BCUT2D eigenvalue weighted by Gasteiger charge is 2.29. The zero-order chi connectivity index (χ0) is 24.9. The number of ketones is 1. The van der Waals surface area contributed by atoms with Gasteiger partial charge in [-0.3, -0.25) is 4.79 Å². The van der Waals surface area contributed by atoms with Crippen LogP contribution in [-0.2, 0) is 24.3 Å². The third kappa shape index (κ3) is 5.91. The van der Waals surface area contributed by atoms with Gasteiger partial charge in [0.15, 0.2) is 6.10 Å². The molecule has 1 unspecified atom stereocenters. The minimum absolute atomic E-state index is 0.00528. The first-order valence-corrected chi connectivity index (χ1v) is 12.3. The lowest BCUT2D eigenvalue weighted by atomic mass is 10.0. The Morgan fingerprint density at radius 3 is 2.41 bits per heavy atom. The van der Waals surface area contributed by atoms with Crippen LogP contribution >= 0.6 is 0 Å². The molecule has 1 aliphatic heterocycles. The minimum atomic E-state index is -3.80. The number of morpholine rings is 1. The maximum atomic E-state index is 13.1. The molecule has 1 aliphatic rings. The van der Waals surface area contributed by atoms with Crippen molar-refractivity contribution in [2.24, 2.45) is 0 Å². The summed E-state index contributed by atoms with van der Waals surface area (Å²) in [6, 6.07) is 9.93. The van der Waals surface area contributed by atoms with Gasteiger partial charge in [-0.15, -0.1) is 0 Å². The van der Waals surface area contributed by atoms with Gasteiger partial charge in [0.2, 0.25) is 15.8 Å². The Morgan fingerprint density at radius 2 is 1.76 bits per heavy atom. The summed E-state index contributed by atoms with van der Waals surface area (Å²) in [7, 11) is -2.40. The molecule has 2 aromatic carbocycles. The van der Waals surface area contributed by atoms with Gasteiger partial charge in [-0.2, -0.15) is 4.31 Å². The van der Waals surface area contributed by atoms with Gasteiger partial charge in [0.1, 0.15) is 10.6 Å². The lowest BCUT2D eigenvalue weighted by Crippen LogP contribution is -2.40. The van der Waals surface area contributed by atoms with Gasteiger partial charge in [-0.05, 0) is 61.7 Å². The lowest BCUT2D eigenvalue weighted by Gasteiger charge is -2.26. The number of hydrogen-bond acceptors (Lipinski definition) is 7. The smallest absolute Gasteiger partial charge is 0.331 e. The molecule has 0 spiro atoms. The topological polar surface area (TPSA) is 99.2 Å². The van der Waals surface area contributed by atoms with Crippen molar-refractivity contribution in [2.45, 2.75) is 31.8 Å². The van der Waals surface area contributed by atoms with Crippen molar-refractivity contribution in [3.63, 3.8) is 0 Å². The Hall–Kier alpha value is -3.01. The van der Waals surface area contributed by atoms with Crippen LogP contribution in [0.5, 0.6) is 5.75 Å². The first-order valence-electron chi connectivity index (χ1n) is 10.9. The summed E-state index contributed by atoms with van der Waals surface area (Å²) < 4.78 is 43.3. The normalized spacial score (nSPS) is 15.8. The summed E-state index contributed by atoms with van der Waals surface area (Å²) in [5.41, 5.74) is 2.99. The van der Waals surface area contributed by atoms with Gasteiger partial charge in [0.05, 0.1) is 20.3 Å². The maximum Gasteiger partial charge on any atom is 0.331 e. The summed E-state index contributed by atoms with van der Waals surface area (Å²) in [5, 5.41) is 0. The van der Waals surface area contributed by atoms with Crippen LogP contribution in [0.1, 0.15) is 34.0 Å². The quantitative estimate of drug-likeness (QED) is 0.320. The Bertz CT molecular complexity index is 1200. The van der Waals surface area contributed by atoms with E-state index >= 15 is 0 Å². The van der Waals surface area contributed by atoms with Crippen LogP contribution in [0.3, 0.4) is 0 Å². The number of carbonyl (C=O) groups is 2. The Balaban J connectivity index is 1.73. The molecule has 2 aromatic rings. The second-order valence-electron chi connectivity index (χ2n) is 8.00. The Labute approximate surface area is 200 Å². The molecule has 1 atom stereocenters. The van der Waals surface area contributed by atoms with Gasteiger partial charge in [0, 0.05) is 24.7 Å². The monoisotopic (exact) mass is 487 g/mol. The van der Waals surface area contributed by atoms with Gasteiger partial charge < -0.3 is 14.2 Å². The second kappa shape index (κ2) is 10.9. The largest absolute Gasteiger partial charge is 0.495 e. The highest BCUT2D eigenvalue weighted by Crippen LogP contribution is 2.29. The molecule has 1 saturated heterocycles. The summed E-state index contributed by atoms with van der Waals surface area (Å²) >= 11 is 0. The van der Waals surface area contributed by atoms with E-state index < -0.39 is 22.1 Å². The molecule has 8 nitrogen and oxygen atoms in total. The SMILES string of the molecule is COc1ccc(/C=C/C(=O)OC(C)C(=O)c2ccc(C)c(C)c2)cc1S(=O)(=O)N1CCOCC1. The average Bonchev–Trinajstić information content (AvgIpc) is 2.84. The number of esters is 1. The van der Waals surface area contributed by atoms with Crippen molar-refractivity contribution in [2.75, 3.05) is 33.4 Å². The summed E-state index contributed by atoms with van der Waals surface area (Å²) in [6.45, 7) is 6.54. The fourth-order valence-corrected chi connectivity index (χ4v) is 5.08. The number of hydrogen-bond donors (Lipinski definition) is 0. The molecule has 0 saturated carbocycles. The molecular formula is C25H29NO7S. The zero-order valence-electron chi connectivity index (χ0n) is 19.7. The summed E-state index contributed by atoms with van der Waals surface area (Å²) in [6.07, 6.45) is 1.64. The maximum absolute atomic E-state index is 13.1. The van der Waals surface area contributed by atoms with E-state index in [-0.39, 0.29) is 29.5 Å². The van der Waals surface area contributed by atoms with Crippen LogP contribution in [0.25, 0.3) is 6.08 Å². The Morgan fingerprint density at radius 1 is 1.06 bits per heavy atom. The van der Waals surface area contributed by atoms with E-state index in [4.69, 9.17) is 14.2 Å². The van der Waals surface area contributed by atoms with E-state index in [1.165, 1.54) is 36.5 Å². The molecule has 0 aliphatic carbocycles. The summed E-state index contributed by atoms with van der Waals surface area (Å²) in [5.74, 6) is -0.801. The molecule has 0 bridgehead atoms. The van der Waals surface area contributed by atoms with Crippen molar-refractivity contribution in [1.82, 2.24) is 4.31 Å². The zero-order valence-corrected chi connectivity index (χ0v) is 20.6. The lowest BCUT2D eigenvalue weighted by molar-refractivity contribution is -0.140. The molecular weight excluding hydrogens is 458 g/mol. The minimum Gasteiger partial charge on any atom is -0.495 e. The molecule has 182 valence electrons. The molecule has 0 amide bonds. The van der Waals surface area contributed by atoms with Crippen LogP contribution in [-0.4, -0.2) is 64.0 Å². The number of rotatable bonds is 8. The fraction of sp³-hybridized carbons (Fsp3) is 0.360. The highest BCUT2D eigenvalue weighted by atomic mass is 32.2. The summed E-state index contributed by atoms with van der Waals surface area (Å²) in [4.78, 5) is 24.9. The molecule has 3 rings (SSSR count). The third-order valence-corrected chi connectivity index (χ3v) is 7.56. The molecule has 1 fully saturated rings. The van der Waals surface area contributed by atoms with E-state index in [9.17, 15) is 18.0 Å². The fourth-order valence-electron chi connectivity index (χ4n) is 3.49. The third-order valence-electron chi connectivity index (χ3n) is 5.64. The number of nitrogens with zero attached hydrogens (tertiary/aromatic N) is 1. The number of aryl methyl sites for hydroxylation is 2. The van der Waals surface area contributed by atoms with E-state index in [0.29, 0.717) is 24.3 Å². The number of carbonyl (C=O) groups excluding carboxylic acids is 2. The van der Waals surface area contributed by atoms with Crippen LogP contribution in [0.4, 0.5) is 0 Å². The number of ether oxygens (including phenoxy) is 3. The van der Waals surface area contributed by atoms with Crippen molar-refractivity contribution in [1.29, 1.82) is 0 Å². The number of Topliss-reactive ketones (excluding diaryl/α,β-unsaturated/α-hetero) is 1. The van der Waals surface area contributed by atoms with E-state index in [2.05, 4.69) is 0 Å². The Kier molecular flexibility index (Phi) is 8.24. The second-order valence-corrected chi connectivity index (χ2v) is 9.91. The van der Waals surface area contributed by atoms with Gasteiger partial charge in [-0.1, -0.05) is 18.2 Å². The standard InChI is InChI=1S/C25H29NO7S/c1-17-5-8-21(15-18(17)2)25(28)19(3)33-24(27)10-7-20-6-9-22(31-4)23(16-20)34(29,30)26-11-13-32-14-12-26/h5-10,15-16,19H,11-14H2,1-4H3/b10-7+. The molecule has 1 heterocycles. The van der Waals surface area contributed by atoms with Crippen LogP contribution in [0, 0.1) is 13.8 Å². The van der Waals surface area contributed by atoms with Gasteiger partial charge in [-0.25, -0.2) is 13.2 Å². The van der Waals surface area contributed by atoms with E-state index in [0.717, 1.165) is 17.2 Å².